The molecule has 0 fully saturated rings. The average molecular weight is 440 g/mol. The van der Waals surface area contributed by atoms with E-state index in [0.29, 0.717) is 6.61 Å². The number of nitrogens with zero attached hydrogens (tertiary/aromatic N) is 3. The molecule has 0 saturated carbocycles. The van der Waals surface area contributed by atoms with Gasteiger partial charge in [-0.1, -0.05) is 28.1 Å². The maximum Gasteiger partial charge on any atom is 0.169 e. The molecule has 6 heteroatoms. The maximum atomic E-state index is 13.3. The molecule has 0 saturated heterocycles. The Labute approximate surface area is 170 Å². The van der Waals surface area contributed by atoms with Crippen LogP contribution in [0.3, 0.4) is 0 Å². The minimum Gasteiger partial charge on any atom is -0.486 e. The molecule has 0 N–H and O–H groups in total. The van der Waals surface area contributed by atoms with Gasteiger partial charge in [-0.05, 0) is 61.2 Å². The molecule has 2 aromatic heterocycles. The quantitative estimate of drug-likeness (QED) is 0.413. The third kappa shape index (κ3) is 3.11. The van der Waals surface area contributed by atoms with Gasteiger partial charge in [0.1, 0.15) is 23.8 Å². The zero-order valence-corrected chi connectivity index (χ0v) is 16.8. The molecule has 0 atom stereocenters. The van der Waals surface area contributed by atoms with Crippen molar-refractivity contribution in [2.75, 3.05) is 0 Å². The van der Waals surface area contributed by atoms with E-state index in [-0.39, 0.29) is 5.82 Å². The molecule has 1 aliphatic rings. The molecule has 28 heavy (non-hydrogen) atoms. The Morgan fingerprint density at radius 1 is 1.04 bits per heavy atom. The van der Waals surface area contributed by atoms with Crippen molar-refractivity contribution in [3.63, 3.8) is 0 Å². The number of hydrogen-bond acceptors (Lipinski definition) is 2. The number of hydrogen-bond donors (Lipinski definition) is 0. The van der Waals surface area contributed by atoms with E-state index >= 15 is 0 Å². The third-order valence-electron chi connectivity index (χ3n) is 5.25. The van der Waals surface area contributed by atoms with Gasteiger partial charge in [-0.15, -0.1) is 5.10 Å². The Hall–Kier alpha value is -2.60. The van der Waals surface area contributed by atoms with Gasteiger partial charge in [0, 0.05) is 28.3 Å². The molecule has 0 spiro atoms. The molecule has 0 amide bonds. The standard InChI is InChI=1S/C22H19BrFN3O/c23-16-6-10-18(11-7-16)28-14-21-25-27-13-20(15-4-8-17(24)9-5-15)19-3-1-2-12-26(21)22(19)27/h4-11,13H,1-3,12,14H2. The molecule has 0 aliphatic carbocycles. The van der Waals surface area contributed by atoms with Crippen LogP contribution in [0.1, 0.15) is 24.2 Å². The van der Waals surface area contributed by atoms with E-state index in [1.54, 1.807) is 0 Å². The Morgan fingerprint density at radius 3 is 2.61 bits per heavy atom. The fourth-order valence-electron chi connectivity index (χ4n) is 3.90. The van der Waals surface area contributed by atoms with Gasteiger partial charge in [0.15, 0.2) is 5.82 Å². The van der Waals surface area contributed by atoms with Crippen LogP contribution in [0.5, 0.6) is 5.75 Å². The highest BCUT2D eigenvalue weighted by atomic mass is 79.9. The van der Waals surface area contributed by atoms with Gasteiger partial charge in [-0.3, -0.25) is 0 Å². The van der Waals surface area contributed by atoms with Gasteiger partial charge in [-0.25, -0.2) is 8.91 Å². The van der Waals surface area contributed by atoms with Crippen LogP contribution in [0.4, 0.5) is 4.39 Å². The minimum atomic E-state index is -0.214. The fourth-order valence-corrected chi connectivity index (χ4v) is 4.16. The average Bonchev–Trinajstić information content (AvgIpc) is 3.12. The summed E-state index contributed by atoms with van der Waals surface area (Å²) in [6.07, 6.45) is 5.29. The van der Waals surface area contributed by atoms with Crippen molar-refractivity contribution in [1.82, 2.24) is 14.2 Å². The number of aromatic nitrogens is 3. The molecule has 0 radical (unpaired) electrons. The third-order valence-corrected chi connectivity index (χ3v) is 5.78. The summed E-state index contributed by atoms with van der Waals surface area (Å²) in [6, 6.07) is 14.5. The molecule has 4 aromatic rings. The zero-order valence-electron chi connectivity index (χ0n) is 15.2. The number of rotatable bonds is 4. The Balaban J connectivity index is 1.52. The van der Waals surface area contributed by atoms with Gasteiger partial charge < -0.3 is 9.30 Å². The van der Waals surface area contributed by atoms with Crippen LogP contribution in [-0.2, 0) is 19.6 Å². The van der Waals surface area contributed by atoms with Crippen LogP contribution >= 0.6 is 15.9 Å². The van der Waals surface area contributed by atoms with Gasteiger partial charge in [0.2, 0.25) is 0 Å². The predicted octanol–water partition coefficient (Wildman–Crippen LogP) is 5.62. The van der Waals surface area contributed by atoms with E-state index in [1.165, 1.54) is 17.7 Å². The highest BCUT2D eigenvalue weighted by molar-refractivity contribution is 9.10. The second-order valence-corrected chi connectivity index (χ2v) is 7.98. The highest BCUT2D eigenvalue weighted by Crippen LogP contribution is 2.33. The lowest BCUT2D eigenvalue weighted by Crippen LogP contribution is -2.07. The summed E-state index contributed by atoms with van der Waals surface area (Å²) in [5.74, 6) is 1.53. The Kier molecular flexibility index (Phi) is 4.43. The summed E-state index contributed by atoms with van der Waals surface area (Å²) in [6.45, 7) is 1.36. The molecule has 1 aliphatic heterocycles. The normalized spacial score (nSPS) is 13.6. The second-order valence-electron chi connectivity index (χ2n) is 7.06. The summed E-state index contributed by atoms with van der Waals surface area (Å²) >= 11 is 3.44. The van der Waals surface area contributed by atoms with Crippen molar-refractivity contribution >= 4 is 21.6 Å². The van der Waals surface area contributed by atoms with Crippen LogP contribution in [-0.4, -0.2) is 14.2 Å². The summed E-state index contributed by atoms with van der Waals surface area (Å²) in [7, 11) is 0. The number of benzene rings is 2. The van der Waals surface area contributed by atoms with E-state index in [2.05, 4.69) is 26.7 Å². The lowest BCUT2D eigenvalue weighted by atomic mass is 10.0. The molecular weight excluding hydrogens is 421 g/mol. The van der Waals surface area contributed by atoms with Crippen LogP contribution in [0.2, 0.25) is 0 Å². The van der Waals surface area contributed by atoms with Gasteiger partial charge >= 0.3 is 0 Å². The van der Waals surface area contributed by atoms with E-state index in [0.717, 1.165) is 58.6 Å². The first-order valence-electron chi connectivity index (χ1n) is 9.43. The first kappa shape index (κ1) is 17.5. The largest absolute Gasteiger partial charge is 0.486 e. The first-order chi connectivity index (χ1) is 13.7. The van der Waals surface area contributed by atoms with Crippen molar-refractivity contribution in [3.8, 4) is 16.9 Å². The molecule has 2 aromatic carbocycles. The van der Waals surface area contributed by atoms with E-state index in [4.69, 9.17) is 9.84 Å². The van der Waals surface area contributed by atoms with E-state index < -0.39 is 0 Å². The Morgan fingerprint density at radius 2 is 1.82 bits per heavy atom. The molecule has 142 valence electrons. The summed E-state index contributed by atoms with van der Waals surface area (Å²) in [4.78, 5) is 0. The molecular formula is C22H19BrFN3O. The van der Waals surface area contributed by atoms with E-state index in [9.17, 15) is 4.39 Å². The van der Waals surface area contributed by atoms with Gasteiger partial charge in [0.05, 0.1) is 0 Å². The first-order valence-corrected chi connectivity index (χ1v) is 10.2. The smallest absolute Gasteiger partial charge is 0.169 e. The molecule has 4 nitrogen and oxygen atoms in total. The summed E-state index contributed by atoms with van der Waals surface area (Å²) < 4.78 is 24.6. The van der Waals surface area contributed by atoms with Crippen LogP contribution in [0.15, 0.2) is 59.2 Å². The monoisotopic (exact) mass is 439 g/mol. The zero-order chi connectivity index (χ0) is 19.1. The molecule has 0 unspecified atom stereocenters. The molecule has 0 bridgehead atoms. The summed E-state index contributed by atoms with van der Waals surface area (Å²) in [5.41, 5.74) is 4.58. The minimum absolute atomic E-state index is 0.214. The van der Waals surface area contributed by atoms with Crippen LogP contribution in [0, 0.1) is 5.82 Å². The topological polar surface area (TPSA) is 31.5 Å². The lowest BCUT2D eigenvalue weighted by Gasteiger charge is -2.08. The SMILES string of the molecule is Fc1ccc(-c2cn3nc(COc4ccc(Br)cc4)n4c3c2CCCC4)cc1. The maximum absolute atomic E-state index is 13.3. The van der Waals surface area contributed by atoms with Crippen LogP contribution < -0.4 is 4.74 Å². The highest BCUT2D eigenvalue weighted by Gasteiger charge is 2.22. The predicted molar refractivity (Wildman–Crippen MR) is 110 cm³/mol. The van der Waals surface area contributed by atoms with Crippen molar-refractivity contribution < 1.29 is 9.13 Å². The molecule has 3 heterocycles. The van der Waals surface area contributed by atoms with Crippen molar-refractivity contribution in [2.24, 2.45) is 0 Å². The summed E-state index contributed by atoms with van der Waals surface area (Å²) in [5, 5.41) is 4.79. The van der Waals surface area contributed by atoms with E-state index in [1.807, 2.05) is 40.9 Å². The van der Waals surface area contributed by atoms with Gasteiger partial charge in [0.25, 0.3) is 0 Å². The number of ether oxygens (including phenoxy) is 1. The second kappa shape index (κ2) is 7.09. The number of halogens is 2. The van der Waals surface area contributed by atoms with Crippen LogP contribution in [0.25, 0.3) is 16.8 Å². The fraction of sp³-hybridized carbons (Fsp3) is 0.227. The lowest BCUT2D eigenvalue weighted by molar-refractivity contribution is 0.288. The van der Waals surface area contributed by atoms with Crippen molar-refractivity contribution in [1.29, 1.82) is 0 Å². The van der Waals surface area contributed by atoms with Gasteiger partial charge in [-0.2, -0.15) is 0 Å². The van der Waals surface area contributed by atoms with Crippen molar-refractivity contribution in [3.05, 3.63) is 76.4 Å². The number of aryl methyl sites for hydroxylation is 2. The van der Waals surface area contributed by atoms with Crippen molar-refractivity contribution in [2.45, 2.75) is 32.4 Å². The Bertz CT molecular complexity index is 1130. The molecule has 5 rings (SSSR count).